The topological polar surface area (TPSA) is 179 Å². The lowest BCUT2D eigenvalue weighted by Crippen LogP contribution is -2.20. The number of phenols is 2. The van der Waals surface area contributed by atoms with Gasteiger partial charge in [-0.2, -0.15) is 0 Å². The number of aromatic hydroxyl groups is 2. The van der Waals surface area contributed by atoms with Crippen LogP contribution in [0.25, 0.3) is 49.2 Å². The fraction of sp³-hybridized carbons (Fsp3) is 0.343. The normalized spacial score (nSPS) is 12.6. The van der Waals surface area contributed by atoms with Crippen LogP contribution in [-0.2, 0) is 25.4 Å². The summed E-state index contributed by atoms with van der Waals surface area (Å²) in [6.45, 7) is 2.31. The van der Waals surface area contributed by atoms with E-state index in [1.165, 1.54) is 33.5 Å². The van der Waals surface area contributed by atoms with Crippen molar-refractivity contribution >= 4 is 60.8 Å². The predicted octanol–water partition coefficient (Wildman–Crippen LogP) is 3.27. The first-order valence-electron chi connectivity index (χ1n) is 15.3. The molecule has 0 unspecified atom stereocenters. The van der Waals surface area contributed by atoms with E-state index in [-0.39, 0.29) is 91.2 Å². The van der Waals surface area contributed by atoms with Crippen molar-refractivity contribution in [1.82, 2.24) is 0 Å². The summed E-state index contributed by atoms with van der Waals surface area (Å²) in [7, 11) is 4.22. The number of aliphatic hydroxyl groups excluding tert-OH is 1. The van der Waals surface area contributed by atoms with E-state index in [1.807, 2.05) is 13.0 Å². The second kappa shape index (κ2) is 13.2. The van der Waals surface area contributed by atoms with E-state index in [4.69, 9.17) is 33.5 Å². The molecule has 0 radical (unpaired) electrons. The lowest BCUT2D eigenvalue weighted by atomic mass is 9.83. The van der Waals surface area contributed by atoms with Gasteiger partial charge in [-0.1, -0.05) is 11.6 Å². The molecule has 0 saturated carbocycles. The van der Waals surface area contributed by atoms with Gasteiger partial charge in [0.15, 0.2) is 28.1 Å². The maximum absolute atomic E-state index is 13.8. The predicted molar refractivity (Wildman–Crippen MR) is 180 cm³/mol. The minimum Gasteiger partial charge on any atom is -0.505 e. The molecule has 5 aromatic rings. The highest BCUT2D eigenvalue weighted by Crippen LogP contribution is 2.56. The summed E-state index contributed by atoms with van der Waals surface area (Å²) in [6.07, 6.45) is 2.09. The molecular weight excluding hydrogens is 626 g/mol. The Bertz CT molecular complexity index is 2210. The Hall–Kier alpha value is -5.11. The van der Waals surface area contributed by atoms with Crippen molar-refractivity contribution in [3.05, 3.63) is 49.3 Å². The number of methoxy groups -OCH3 is 3. The Kier molecular flexibility index (Phi) is 9.01. The number of carbonyl (C=O) groups excluding carboxylic acids is 1. The van der Waals surface area contributed by atoms with Crippen LogP contribution in [0.2, 0.25) is 0 Å². The first kappa shape index (κ1) is 32.8. The first-order chi connectivity index (χ1) is 23.2. The molecule has 5 aromatic carbocycles. The molecule has 13 nitrogen and oxygen atoms in total. The van der Waals surface area contributed by atoms with Gasteiger partial charge in [0.05, 0.1) is 70.8 Å². The molecule has 0 spiro atoms. The molecule has 0 aliphatic heterocycles. The number of ether oxygens (including phenoxy) is 6. The zero-order chi connectivity index (χ0) is 34.3. The maximum Gasteiger partial charge on any atom is 0.325 e. The lowest BCUT2D eigenvalue weighted by molar-refractivity contribution is -0.143. The van der Waals surface area contributed by atoms with Gasteiger partial charge in [-0.05, 0) is 24.3 Å². The van der Waals surface area contributed by atoms with E-state index >= 15 is 0 Å². The Morgan fingerprint density at radius 1 is 0.750 bits per heavy atom. The zero-order valence-electron chi connectivity index (χ0n) is 26.9. The van der Waals surface area contributed by atoms with Crippen LogP contribution in [0.1, 0.15) is 18.1 Å². The average Bonchev–Trinajstić information content (AvgIpc) is 3.21. The average molecular weight is 662 g/mol. The van der Waals surface area contributed by atoms with E-state index in [1.54, 1.807) is 0 Å². The number of benzene rings is 5. The van der Waals surface area contributed by atoms with Gasteiger partial charge in [0.2, 0.25) is 0 Å². The van der Waals surface area contributed by atoms with Crippen molar-refractivity contribution in [2.75, 3.05) is 72.8 Å². The van der Waals surface area contributed by atoms with Gasteiger partial charge < -0.3 is 49.1 Å². The van der Waals surface area contributed by atoms with E-state index in [9.17, 15) is 24.6 Å². The second-order valence-corrected chi connectivity index (χ2v) is 11.3. The molecule has 0 saturated heterocycles. The molecule has 1 aliphatic carbocycles. The van der Waals surface area contributed by atoms with Crippen LogP contribution in [0.4, 0.5) is 5.69 Å². The number of hydrogen-bond acceptors (Lipinski definition) is 13. The Balaban J connectivity index is 1.58. The highest BCUT2D eigenvalue weighted by atomic mass is 16.6. The van der Waals surface area contributed by atoms with Crippen LogP contribution in [0.3, 0.4) is 0 Å². The minimum atomic E-state index is -0.630. The van der Waals surface area contributed by atoms with E-state index in [2.05, 4.69) is 5.32 Å². The quantitative estimate of drug-likeness (QED) is 0.0448. The number of nitrogens with one attached hydrogen (secondary N) is 1. The number of esters is 1. The number of rotatable bonds is 14. The fourth-order valence-electron chi connectivity index (χ4n) is 6.73. The molecule has 252 valence electrons. The lowest BCUT2D eigenvalue weighted by Gasteiger charge is -2.24. The van der Waals surface area contributed by atoms with E-state index in [0.717, 1.165) is 5.57 Å². The van der Waals surface area contributed by atoms with Gasteiger partial charge >= 0.3 is 5.97 Å². The van der Waals surface area contributed by atoms with Crippen LogP contribution >= 0.6 is 0 Å². The molecule has 13 heteroatoms. The molecule has 0 heterocycles. The largest absolute Gasteiger partial charge is 0.505 e. The standard InChI is InChI=1S/C35H35NO12/c1-16-11-17-24-25-18(12-16)35(45-4)34(42)27-20(39)14-22(44-3)29(31(25)27)28-21(43-2)13-19(38)26(30(24)28)33(41)32(17)36-15-23(40)48-10-9-47-8-7-46-6-5-37/h12-14,36-37,41-42H,5-11,15H2,1-4H3. The third-order valence-corrected chi connectivity index (χ3v) is 8.55. The van der Waals surface area contributed by atoms with E-state index < -0.39 is 16.8 Å². The molecule has 0 amide bonds. The van der Waals surface area contributed by atoms with E-state index in [0.29, 0.717) is 50.1 Å². The van der Waals surface area contributed by atoms with Gasteiger partial charge in [-0.3, -0.25) is 14.4 Å². The number of aliphatic hydroxyl groups is 1. The highest BCUT2D eigenvalue weighted by Gasteiger charge is 2.33. The number of fused-ring (bicyclic) bond motifs is 1. The smallest absolute Gasteiger partial charge is 0.325 e. The Morgan fingerprint density at radius 3 is 1.94 bits per heavy atom. The molecule has 0 bridgehead atoms. The molecule has 0 aromatic heterocycles. The van der Waals surface area contributed by atoms with Crippen LogP contribution in [0.15, 0.2) is 27.3 Å². The number of anilines is 1. The van der Waals surface area contributed by atoms with Crippen molar-refractivity contribution in [1.29, 1.82) is 0 Å². The van der Waals surface area contributed by atoms with Crippen molar-refractivity contribution in [3.63, 3.8) is 0 Å². The summed E-state index contributed by atoms with van der Waals surface area (Å²) in [5.41, 5.74) is 0.947. The molecule has 1 aliphatic rings. The minimum absolute atomic E-state index is 0.000645. The molecule has 0 atom stereocenters. The third kappa shape index (κ3) is 5.20. The SMILES string of the molecule is COc1c(O)c2c(=O)cc(OC)c3c4c(OC)cc(=O)c5c(O)c(NCC(=O)OCCOCCOCCO)c6c(c(c1C=C(C)C6)c23)c54. The molecule has 6 rings (SSSR count). The van der Waals surface area contributed by atoms with Crippen LogP contribution in [0.5, 0.6) is 28.7 Å². The number of carbonyl (C=O) groups is 1. The highest BCUT2D eigenvalue weighted by molar-refractivity contribution is 6.39. The van der Waals surface area contributed by atoms with Crippen LogP contribution in [-0.4, -0.2) is 88.8 Å². The monoisotopic (exact) mass is 661 g/mol. The number of hydrogen-bond donors (Lipinski definition) is 4. The number of allylic oxidation sites excluding steroid dienone is 1. The molecule has 0 fully saturated rings. The van der Waals surface area contributed by atoms with Crippen molar-refractivity contribution in [2.45, 2.75) is 13.3 Å². The van der Waals surface area contributed by atoms with Crippen molar-refractivity contribution in [2.24, 2.45) is 0 Å². The first-order valence-corrected chi connectivity index (χ1v) is 15.3. The Morgan fingerprint density at radius 2 is 1.33 bits per heavy atom. The maximum atomic E-state index is 13.8. The van der Waals surface area contributed by atoms with Crippen LogP contribution < -0.4 is 30.4 Å². The van der Waals surface area contributed by atoms with Gasteiger partial charge in [-0.15, -0.1) is 0 Å². The van der Waals surface area contributed by atoms with Gasteiger partial charge in [0.25, 0.3) is 0 Å². The fourth-order valence-corrected chi connectivity index (χ4v) is 6.73. The third-order valence-electron chi connectivity index (χ3n) is 8.55. The second-order valence-electron chi connectivity index (χ2n) is 11.3. The molecular formula is C35H35NO12. The van der Waals surface area contributed by atoms with Crippen molar-refractivity contribution in [3.8, 4) is 28.7 Å². The molecule has 4 N–H and O–H groups in total. The van der Waals surface area contributed by atoms with Gasteiger partial charge in [0, 0.05) is 44.6 Å². The van der Waals surface area contributed by atoms with Crippen LogP contribution in [0, 0.1) is 0 Å². The summed E-state index contributed by atoms with van der Waals surface area (Å²) in [4.78, 5) is 40.1. The summed E-state index contributed by atoms with van der Waals surface area (Å²) in [5.74, 6) is -0.871. The van der Waals surface area contributed by atoms with Gasteiger partial charge in [0.1, 0.15) is 24.7 Å². The Labute approximate surface area is 273 Å². The van der Waals surface area contributed by atoms with Gasteiger partial charge in [-0.25, -0.2) is 0 Å². The summed E-state index contributed by atoms with van der Waals surface area (Å²) in [6, 6.07) is 2.52. The number of phenolic OH excluding ortho intramolecular Hbond substituents is 2. The summed E-state index contributed by atoms with van der Waals surface area (Å²) in [5, 5.41) is 37.6. The summed E-state index contributed by atoms with van der Waals surface area (Å²) < 4.78 is 32.9. The molecule has 48 heavy (non-hydrogen) atoms. The van der Waals surface area contributed by atoms with Crippen molar-refractivity contribution < 1.29 is 48.5 Å². The summed E-state index contributed by atoms with van der Waals surface area (Å²) >= 11 is 0. The zero-order valence-corrected chi connectivity index (χ0v) is 26.9.